The molecule has 1 rings (SSSR count). The summed E-state index contributed by atoms with van der Waals surface area (Å²) in [6.07, 6.45) is 2.51. The fraction of sp³-hybridized carbons (Fsp3) is 1.00. The zero-order valence-electron chi connectivity index (χ0n) is 5.93. The van der Waals surface area contributed by atoms with Crippen LogP contribution in [0.2, 0.25) is 0 Å². The van der Waals surface area contributed by atoms with Crippen molar-refractivity contribution in [1.29, 1.82) is 0 Å². The van der Waals surface area contributed by atoms with Gasteiger partial charge in [-0.25, -0.2) is 0 Å². The first kappa shape index (κ1) is 7.03. The van der Waals surface area contributed by atoms with Gasteiger partial charge in [0.2, 0.25) is 0 Å². The molecule has 0 spiro atoms. The molecule has 9 heavy (non-hydrogen) atoms. The molecule has 0 aromatic heterocycles. The Hall–Kier alpha value is -0.0800. The van der Waals surface area contributed by atoms with Gasteiger partial charge in [-0.3, -0.25) is 0 Å². The van der Waals surface area contributed by atoms with Crippen LogP contribution in [0.4, 0.5) is 0 Å². The summed E-state index contributed by atoms with van der Waals surface area (Å²) in [5, 5.41) is 12.1. The Morgan fingerprint density at radius 3 is 3.00 bits per heavy atom. The molecule has 1 heterocycles. The zero-order valence-corrected chi connectivity index (χ0v) is 5.93. The van der Waals surface area contributed by atoms with Crippen molar-refractivity contribution in [3.8, 4) is 0 Å². The molecule has 2 atom stereocenters. The molecule has 0 unspecified atom stereocenters. The van der Waals surface area contributed by atoms with E-state index in [-0.39, 0.29) is 0 Å². The second-order valence-corrected chi connectivity index (χ2v) is 2.86. The molecule has 1 aliphatic heterocycles. The first-order chi connectivity index (χ1) is 4.34. The van der Waals surface area contributed by atoms with E-state index in [0.717, 1.165) is 6.54 Å². The van der Waals surface area contributed by atoms with Gasteiger partial charge in [0, 0.05) is 12.6 Å². The van der Waals surface area contributed by atoms with E-state index in [0.29, 0.717) is 18.6 Å². The average Bonchev–Trinajstić information content (AvgIpc) is 2.37. The normalized spacial score (nSPS) is 30.7. The molecule has 2 N–H and O–H groups in total. The molecule has 0 aromatic rings. The first-order valence-electron chi connectivity index (χ1n) is 3.69. The second kappa shape index (κ2) is 3.18. The Morgan fingerprint density at radius 2 is 2.56 bits per heavy atom. The minimum Gasteiger partial charge on any atom is -0.396 e. The van der Waals surface area contributed by atoms with Gasteiger partial charge < -0.3 is 10.4 Å². The van der Waals surface area contributed by atoms with Gasteiger partial charge in [0.25, 0.3) is 0 Å². The fourth-order valence-electron chi connectivity index (χ4n) is 1.32. The molecule has 2 heteroatoms. The lowest BCUT2D eigenvalue weighted by atomic mass is 10.0. The van der Waals surface area contributed by atoms with Gasteiger partial charge >= 0.3 is 0 Å². The van der Waals surface area contributed by atoms with Crippen LogP contribution in [0.25, 0.3) is 0 Å². The molecule has 0 aliphatic carbocycles. The van der Waals surface area contributed by atoms with Crippen LogP contribution in [0.3, 0.4) is 0 Å². The summed E-state index contributed by atoms with van der Waals surface area (Å²) >= 11 is 0. The predicted molar refractivity (Wildman–Crippen MR) is 37.3 cm³/mol. The van der Waals surface area contributed by atoms with Gasteiger partial charge in [-0.2, -0.15) is 0 Å². The van der Waals surface area contributed by atoms with Crippen molar-refractivity contribution in [3.05, 3.63) is 0 Å². The number of aliphatic hydroxyl groups excluding tert-OH is 1. The third kappa shape index (κ3) is 1.66. The van der Waals surface area contributed by atoms with Crippen LogP contribution in [0.5, 0.6) is 0 Å². The highest BCUT2D eigenvalue weighted by molar-refractivity contribution is 4.78. The van der Waals surface area contributed by atoms with Crippen LogP contribution >= 0.6 is 0 Å². The van der Waals surface area contributed by atoms with Gasteiger partial charge in [0.15, 0.2) is 0 Å². The molecular weight excluding hydrogens is 114 g/mol. The zero-order chi connectivity index (χ0) is 6.69. The molecule has 0 aromatic carbocycles. The Morgan fingerprint density at radius 1 is 1.78 bits per heavy atom. The highest BCUT2D eigenvalue weighted by atomic mass is 16.3. The van der Waals surface area contributed by atoms with E-state index < -0.39 is 0 Å². The summed E-state index contributed by atoms with van der Waals surface area (Å²) in [6.45, 7) is 3.54. The van der Waals surface area contributed by atoms with Gasteiger partial charge in [0.05, 0.1) is 0 Å². The van der Waals surface area contributed by atoms with Crippen molar-refractivity contribution in [2.45, 2.75) is 25.8 Å². The minimum atomic E-state index is 0.317. The number of nitrogens with one attached hydrogen (secondary N) is 1. The van der Waals surface area contributed by atoms with E-state index in [9.17, 15) is 0 Å². The lowest BCUT2D eigenvalue weighted by Gasteiger charge is -2.15. The van der Waals surface area contributed by atoms with Crippen LogP contribution in [-0.2, 0) is 0 Å². The SMILES string of the molecule is C[C@H](CO)[C@@H]1CCCN1. The summed E-state index contributed by atoms with van der Waals surface area (Å²) in [5.41, 5.74) is 0. The summed E-state index contributed by atoms with van der Waals surface area (Å²) in [7, 11) is 0. The van der Waals surface area contributed by atoms with Crippen LogP contribution in [-0.4, -0.2) is 24.3 Å². The topological polar surface area (TPSA) is 32.3 Å². The van der Waals surface area contributed by atoms with Crippen LogP contribution in [0.15, 0.2) is 0 Å². The Kier molecular flexibility index (Phi) is 2.49. The number of hydrogen-bond acceptors (Lipinski definition) is 2. The van der Waals surface area contributed by atoms with Crippen molar-refractivity contribution in [1.82, 2.24) is 5.32 Å². The van der Waals surface area contributed by atoms with Gasteiger partial charge in [-0.1, -0.05) is 6.92 Å². The molecule has 1 saturated heterocycles. The third-order valence-corrected chi connectivity index (χ3v) is 2.07. The maximum Gasteiger partial charge on any atom is 0.0471 e. The van der Waals surface area contributed by atoms with E-state index in [4.69, 9.17) is 5.11 Å². The van der Waals surface area contributed by atoms with Crippen LogP contribution < -0.4 is 5.32 Å². The van der Waals surface area contributed by atoms with E-state index in [1.807, 2.05) is 0 Å². The Labute approximate surface area is 56.3 Å². The molecule has 0 saturated carbocycles. The highest BCUT2D eigenvalue weighted by Crippen LogP contribution is 2.13. The summed E-state index contributed by atoms with van der Waals surface area (Å²) in [5.74, 6) is 0.437. The standard InChI is InChI=1S/C7H15NO/c1-6(5-9)7-3-2-4-8-7/h6-9H,2-5H2,1H3/t6-,7+/m1/s1. The lowest BCUT2D eigenvalue weighted by molar-refractivity contribution is 0.209. The minimum absolute atomic E-state index is 0.317. The van der Waals surface area contributed by atoms with Crippen molar-refractivity contribution >= 4 is 0 Å². The number of aliphatic hydroxyl groups is 1. The molecule has 0 amide bonds. The van der Waals surface area contributed by atoms with Gasteiger partial charge in [0.1, 0.15) is 0 Å². The molecule has 0 radical (unpaired) electrons. The van der Waals surface area contributed by atoms with Crippen LogP contribution in [0, 0.1) is 5.92 Å². The smallest absolute Gasteiger partial charge is 0.0471 e. The third-order valence-electron chi connectivity index (χ3n) is 2.07. The van der Waals surface area contributed by atoms with E-state index in [2.05, 4.69) is 12.2 Å². The van der Waals surface area contributed by atoms with E-state index in [1.165, 1.54) is 12.8 Å². The van der Waals surface area contributed by atoms with Gasteiger partial charge in [-0.05, 0) is 25.3 Å². The molecule has 1 aliphatic rings. The van der Waals surface area contributed by atoms with E-state index in [1.54, 1.807) is 0 Å². The Balaban J connectivity index is 2.24. The molecule has 2 nitrogen and oxygen atoms in total. The van der Waals surface area contributed by atoms with Crippen molar-refractivity contribution in [2.24, 2.45) is 5.92 Å². The van der Waals surface area contributed by atoms with Crippen LogP contribution in [0.1, 0.15) is 19.8 Å². The van der Waals surface area contributed by atoms with Crippen molar-refractivity contribution in [3.63, 3.8) is 0 Å². The summed E-state index contributed by atoms with van der Waals surface area (Å²) in [6, 6.07) is 0.579. The quantitative estimate of drug-likeness (QED) is 0.564. The second-order valence-electron chi connectivity index (χ2n) is 2.86. The Bertz CT molecular complexity index is 79.0. The average molecular weight is 129 g/mol. The monoisotopic (exact) mass is 129 g/mol. The first-order valence-corrected chi connectivity index (χ1v) is 3.69. The summed E-state index contributed by atoms with van der Waals surface area (Å²) in [4.78, 5) is 0. The lowest BCUT2D eigenvalue weighted by Crippen LogP contribution is -2.30. The maximum absolute atomic E-state index is 8.76. The highest BCUT2D eigenvalue weighted by Gasteiger charge is 2.19. The maximum atomic E-state index is 8.76. The van der Waals surface area contributed by atoms with Crippen molar-refractivity contribution < 1.29 is 5.11 Å². The molecule has 0 bridgehead atoms. The number of hydrogen-bond donors (Lipinski definition) is 2. The predicted octanol–water partition coefficient (Wildman–Crippen LogP) is 0.367. The molecular formula is C7H15NO. The number of rotatable bonds is 2. The molecule has 54 valence electrons. The summed E-state index contributed by atoms with van der Waals surface area (Å²) < 4.78 is 0. The largest absolute Gasteiger partial charge is 0.396 e. The van der Waals surface area contributed by atoms with E-state index >= 15 is 0 Å². The van der Waals surface area contributed by atoms with Gasteiger partial charge in [-0.15, -0.1) is 0 Å². The van der Waals surface area contributed by atoms with Crippen molar-refractivity contribution in [2.75, 3.05) is 13.2 Å². The molecule has 1 fully saturated rings. The fourth-order valence-corrected chi connectivity index (χ4v) is 1.32.